The first-order valence-corrected chi connectivity index (χ1v) is 5.59. The Bertz CT molecular complexity index is 417. The van der Waals surface area contributed by atoms with Gasteiger partial charge in [-0.1, -0.05) is 13.8 Å². The molecule has 0 radical (unpaired) electrons. The van der Waals surface area contributed by atoms with Crippen LogP contribution in [-0.4, -0.2) is 24.6 Å². The lowest BCUT2D eigenvalue weighted by Gasteiger charge is -2.05. The average molecular weight is 255 g/mol. The van der Waals surface area contributed by atoms with E-state index in [1.54, 1.807) is 6.92 Å². The summed E-state index contributed by atoms with van der Waals surface area (Å²) < 4.78 is 9.59. The number of methoxy groups -OCH3 is 1. The standard InChI is InChI=1S/C10H11NO5.C2H6/c1-3-16-9-6-7(10(12)15-2)4-5-8(9)11(13)14;1-2/h4-6H,3H2,1-2H3;1-2H3. The summed E-state index contributed by atoms with van der Waals surface area (Å²) in [6.45, 7) is 5.99. The highest BCUT2D eigenvalue weighted by Crippen LogP contribution is 2.28. The van der Waals surface area contributed by atoms with Gasteiger partial charge >= 0.3 is 11.7 Å². The summed E-state index contributed by atoms with van der Waals surface area (Å²) in [5, 5.41) is 10.7. The third-order valence-electron chi connectivity index (χ3n) is 1.88. The summed E-state index contributed by atoms with van der Waals surface area (Å²) in [4.78, 5) is 21.3. The molecule has 0 unspecified atom stereocenters. The van der Waals surface area contributed by atoms with E-state index in [-0.39, 0.29) is 23.6 Å². The van der Waals surface area contributed by atoms with Crippen LogP contribution in [0.2, 0.25) is 0 Å². The molecule has 0 aliphatic rings. The zero-order valence-corrected chi connectivity index (χ0v) is 10.9. The van der Waals surface area contributed by atoms with Crippen LogP contribution in [0.15, 0.2) is 18.2 Å². The Morgan fingerprint density at radius 3 is 2.44 bits per heavy atom. The highest BCUT2D eigenvalue weighted by Gasteiger charge is 2.17. The van der Waals surface area contributed by atoms with E-state index in [2.05, 4.69) is 4.74 Å². The lowest BCUT2D eigenvalue weighted by Crippen LogP contribution is -2.04. The van der Waals surface area contributed by atoms with Gasteiger partial charge in [0.15, 0.2) is 5.75 Å². The van der Waals surface area contributed by atoms with Gasteiger partial charge in [-0.05, 0) is 13.0 Å². The quantitative estimate of drug-likeness (QED) is 0.469. The van der Waals surface area contributed by atoms with Crippen molar-refractivity contribution >= 4 is 11.7 Å². The van der Waals surface area contributed by atoms with Crippen LogP contribution < -0.4 is 4.74 Å². The lowest BCUT2D eigenvalue weighted by molar-refractivity contribution is -0.385. The van der Waals surface area contributed by atoms with Crippen LogP contribution in [0.5, 0.6) is 5.75 Å². The number of nitrogens with zero attached hydrogens (tertiary/aromatic N) is 1. The molecule has 0 bridgehead atoms. The summed E-state index contributed by atoms with van der Waals surface area (Å²) in [7, 11) is 1.24. The number of nitro benzene ring substituents is 1. The Morgan fingerprint density at radius 2 is 2.00 bits per heavy atom. The molecule has 0 heterocycles. The minimum absolute atomic E-state index is 0.0652. The summed E-state index contributed by atoms with van der Waals surface area (Å²) in [5.41, 5.74) is 0.0473. The van der Waals surface area contributed by atoms with Crippen molar-refractivity contribution < 1.29 is 19.2 Å². The number of carbonyl (C=O) groups excluding carboxylic acids is 1. The first kappa shape index (κ1) is 15.9. The molecule has 1 aromatic rings. The molecule has 0 aliphatic carbocycles. The van der Waals surface area contributed by atoms with Crippen molar-refractivity contribution in [3.8, 4) is 5.75 Å². The molecule has 1 aromatic carbocycles. The molecule has 0 saturated carbocycles. The number of benzene rings is 1. The number of hydrogen-bond donors (Lipinski definition) is 0. The molecule has 6 nitrogen and oxygen atoms in total. The fraction of sp³-hybridized carbons (Fsp3) is 0.417. The Morgan fingerprint density at radius 1 is 1.39 bits per heavy atom. The molecule has 0 aromatic heterocycles. The van der Waals surface area contributed by atoms with Gasteiger partial charge < -0.3 is 9.47 Å². The fourth-order valence-electron chi connectivity index (χ4n) is 1.18. The van der Waals surface area contributed by atoms with Crippen LogP contribution in [0.1, 0.15) is 31.1 Å². The molecule has 0 saturated heterocycles. The number of hydrogen-bond acceptors (Lipinski definition) is 5. The van der Waals surface area contributed by atoms with Crippen LogP contribution in [-0.2, 0) is 4.74 Å². The van der Waals surface area contributed by atoms with Gasteiger partial charge in [0, 0.05) is 12.1 Å². The van der Waals surface area contributed by atoms with E-state index < -0.39 is 10.9 Å². The van der Waals surface area contributed by atoms with Crippen LogP contribution in [0.3, 0.4) is 0 Å². The zero-order valence-electron chi connectivity index (χ0n) is 10.9. The highest BCUT2D eigenvalue weighted by atomic mass is 16.6. The molecule has 0 aliphatic heterocycles. The minimum atomic E-state index is -0.563. The maximum atomic E-state index is 11.2. The number of ether oxygens (including phenoxy) is 2. The maximum absolute atomic E-state index is 11.2. The minimum Gasteiger partial charge on any atom is -0.487 e. The van der Waals surface area contributed by atoms with Gasteiger partial charge in [-0.25, -0.2) is 4.79 Å². The third-order valence-corrected chi connectivity index (χ3v) is 1.88. The number of carbonyl (C=O) groups is 1. The van der Waals surface area contributed by atoms with Crippen molar-refractivity contribution in [1.82, 2.24) is 0 Å². The molecule has 0 amide bonds. The first-order chi connectivity index (χ1) is 8.60. The number of rotatable bonds is 4. The predicted octanol–water partition coefficient (Wildman–Crippen LogP) is 2.81. The molecule has 100 valence electrons. The van der Waals surface area contributed by atoms with Crippen molar-refractivity contribution in [2.45, 2.75) is 20.8 Å². The molecule has 1 rings (SSSR count). The van der Waals surface area contributed by atoms with E-state index in [0.717, 1.165) is 0 Å². The van der Waals surface area contributed by atoms with Gasteiger partial charge in [-0.2, -0.15) is 0 Å². The van der Waals surface area contributed by atoms with Crippen LogP contribution in [0.25, 0.3) is 0 Å². The van der Waals surface area contributed by atoms with E-state index in [1.807, 2.05) is 13.8 Å². The second kappa shape index (κ2) is 8.05. The Balaban J connectivity index is 0.00000137. The van der Waals surface area contributed by atoms with Gasteiger partial charge in [0.05, 0.1) is 24.2 Å². The molecular formula is C12H17NO5. The smallest absolute Gasteiger partial charge is 0.337 e. The molecule has 18 heavy (non-hydrogen) atoms. The van der Waals surface area contributed by atoms with Crippen molar-refractivity contribution in [1.29, 1.82) is 0 Å². The van der Waals surface area contributed by atoms with Crippen molar-refractivity contribution in [3.05, 3.63) is 33.9 Å². The van der Waals surface area contributed by atoms with E-state index in [1.165, 1.54) is 25.3 Å². The Hall–Kier alpha value is -2.11. The summed E-state index contributed by atoms with van der Waals surface area (Å²) in [5.74, 6) is -0.494. The molecule has 0 atom stereocenters. The second-order valence-corrected chi connectivity index (χ2v) is 2.86. The SMILES string of the molecule is CC.CCOc1cc(C(=O)OC)ccc1[N+](=O)[O-]. The normalized spacial score (nSPS) is 8.89. The highest BCUT2D eigenvalue weighted by molar-refractivity contribution is 5.90. The third kappa shape index (κ3) is 4.04. The van der Waals surface area contributed by atoms with Crippen molar-refractivity contribution in [3.63, 3.8) is 0 Å². The van der Waals surface area contributed by atoms with Crippen molar-refractivity contribution in [2.24, 2.45) is 0 Å². The van der Waals surface area contributed by atoms with E-state index in [9.17, 15) is 14.9 Å². The van der Waals surface area contributed by atoms with Gasteiger partial charge in [0.2, 0.25) is 0 Å². The van der Waals surface area contributed by atoms with Gasteiger partial charge in [0.25, 0.3) is 0 Å². The zero-order chi connectivity index (χ0) is 14.1. The van der Waals surface area contributed by atoms with E-state index in [0.29, 0.717) is 0 Å². The van der Waals surface area contributed by atoms with Gasteiger partial charge in [-0.3, -0.25) is 10.1 Å². The maximum Gasteiger partial charge on any atom is 0.337 e. The summed E-state index contributed by atoms with van der Waals surface area (Å²) in [6.07, 6.45) is 0. The second-order valence-electron chi connectivity index (χ2n) is 2.86. The summed E-state index contributed by atoms with van der Waals surface area (Å²) >= 11 is 0. The predicted molar refractivity (Wildman–Crippen MR) is 67.0 cm³/mol. The van der Waals surface area contributed by atoms with E-state index >= 15 is 0 Å². The summed E-state index contributed by atoms with van der Waals surface area (Å²) in [6, 6.07) is 3.84. The molecule has 0 N–H and O–H groups in total. The van der Waals surface area contributed by atoms with Crippen LogP contribution in [0, 0.1) is 10.1 Å². The van der Waals surface area contributed by atoms with E-state index in [4.69, 9.17) is 4.74 Å². The van der Waals surface area contributed by atoms with Gasteiger partial charge in [0.1, 0.15) is 0 Å². The number of esters is 1. The van der Waals surface area contributed by atoms with Crippen LogP contribution in [0.4, 0.5) is 5.69 Å². The monoisotopic (exact) mass is 255 g/mol. The molecule has 6 heteroatoms. The lowest BCUT2D eigenvalue weighted by atomic mass is 10.2. The molecule has 0 fully saturated rings. The topological polar surface area (TPSA) is 78.7 Å². The van der Waals surface area contributed by atoms with Crippen LogP contribution >= 0.6 is 0 Å². The molecule has 0 spiro atoms. The number of nitro groups is 1. The average Bonchev–Trinajstić information content (AvgIpc) is 2.40. The van der Waals surface area contributed by atoms with Crippen molar-refractivity contribution in [2.75, 3.05) is 13.7 Å². The largest absolute Gasteiger partial charge is 0.487 e. The Labute approximate surface area is 106 Å². The molecular weight excluding hydrogens is 238 g/mol. The fourth-order valence-corrected chi connectivity index (χ4v) is 1.18. The van der Waals surface area contributed by atoms with Gasteiger partial charge in [-0.15, -0.1) is 0 Å². The first-order valence-electron chi connectivity index (χ1n) is 5.59. The Kier molecular flexibility index (Phi) is 7.11.